The lowest BCUT2D eigenvalue weighted by molar-refractivity contribution is -0.160. The average molecular weight is 551 g/mol. The molecular formula is C32H39FN2O5. The van der Waals surface area contributed by atoms with Gasteiger partial charge in [-0.15, -0.1) is 0 Å². The minimum Gasteiger partial charge on any atom is -0.493 e. The molecule has 2 aliphatic heterocycles. The highest BCUT2D eigenvalue weighted by molar-refractivity contribution is 5.93. The molecule has 2 aromatic rings. The second-order valence-electron chi connectivity index (χ2n) is 12.0. The summed E-state index contributed by atoms with van der Waals surface area (Å²) in [7, 11) is 1.50. The molecule has 3 aliphatic carbocycles. The summed E-state index contributed by atoms with van der Waals surface area (Å²) in [4.78, 5) is 20.9. The van der Waals surface area contributed by atoms with Gasteiger partial charge in [0, 0.05) is 31.5 Å². The summed E-state index contributed by atoms with van der Waals surface area (Å²) < 4.78 is 30.8. The molecule has 0 aromatic heterocycles. The van der Waals surface area contributed by atoms with Crippen molar-refractivity contribution < 1.29 is 28.2 Å². The van der Waals surface area contributed by atoms with E-state index >= 15 is 0 Å². The molecule has 7 rings (SSSR count). The van der Waals surface area contributed by atoms with Crippen molar-refractivity contribution in [3.8, 4) is 22.6 Å². The van der Waals surface area contributed by atoms with E-state index in [4.69, 9.17) is 19.0 Å². The Kier molecular flexibility index (Phi) is 7.01. The maximum Gasteiger partial charge on any atom is 0.311 e. The molecule has 7 nitrogen and oxygen atoms in total. The van der Waals surface area contributed by atoms with E-state index in [1.807, 2.05) is 13.8 Å². The van der Waals surface area contributed by atoms with Gasteiger partial charge in [-0.05, 0) is 87.8 Å². The number of oxime groups is 1. The van der Waals surface area contributed by atoms with Crippen LogP contribution in [0.4, 0.5) is 4.39 Å². The topological polar surface area (TPSA) is 69.6 Å². The third kappa shape index (κ3) is 4.64. The summed E-state index contributed by atoms with van der Waals surface area (Å²) >= 11 is 0. The molecule has 0 unspecified atom stereocenters. The van der Waals surface area contributed by atoms with Crippen LogP contribution in [0.3, 0.4) is 0 Å². The van der Waals surface area contributed by atoms with Gasteiger partial charge in [0.25, 0.3) is 0 Å². The first-order chi connectivity index (χ1) is 19.3. The van der Waals surface area contributed by atoms with E-state index < -0.39 is 0 Å². The predicted molar refractivity (Wildman–Crippen MR) is 150 cm³/mol. The van der Waals surface area contributed by atoms with E-state index in [-0.39, 0.29) is 28.2 Å². The Labute approximate surface area is 235 Å². The molecule has 0 amide bonds. The van der Waals surface area contributed by atoms with E-state index in [0.717, 1.165) is 92.8 Å². The van der Waals surface area contributed by atoms with Crippen LogP contribution in [0.25, 0.3) is 11.1 Å². The standard InChI is InChI=1S/C32H39FN2O5/c1-4-38-25-16-22(17-26(39-5-2)28(25)23-6-8-24(33)9-7-23)19-35-20-32(21-35)18-27(34-40-32)30-10-13-31(14-11-30,15-12-30)29(36)37-3/h6-9,16-17H,4-5,10-15,18-21H2,1-3H3. The lowest BCUT2D eigenvalue weighted by Gasteiger charge is -2.52. The van der Waals surface area contributed by atoms with Crippen LogP contribution in [0, 0.1) is 16.6 Å². The summed E-state index contributed by atoms with van der Waals surface area (Å²) in [6.07, 6.45) is 6.50. The van der Waals surface area contributed by atoms with Crippen molar-refractivity contribution in [2.75, 3.05) is 33.4 Å². The van der Waals surface area contributed by atoms with Crippen LogP contribution in [0.5, 0.6) is 11.5 Å². The Morgan fingerprint density at radius 1 is 0.975 bits per heavy atom. The number of methoxy groups -OCH3 is 1. The van der Waals surface area contributed by atoms with Crippen LogP contribution in [-0.4, -0.2) is 55.6 Å². The van der Waals surface area contributed by atoms with Crippen molar-refractivity contribution in [2.24, 2.45) is 16.0 Å². The van der Waals surface area contributed by atoms with Gasteiger partial charge in [-0.2, -0.15) is 0 Å². The van der Waals surface area contributed by atoms with Crippen LogP contribution in [0.15, 0.2) is 41.6 Å². The summed E-state index contributed by atoms with van der Waals surface area (Å²) in [6, 6.07) is 10.6. The zero-order chi connectivity index (χ0) is 28.0. The largest absolute Gasteiger partial charge is 0.493 e. The monoisotopic (exact) mass is 550 g/mol. The molecule has 2 heterocycles. The number of rotatable bonds is 9. The number of hydrogen-bond donors (Lipinski definition) is 0. The second-order valence-corrected chi connectivity index (χ2v) is 12.0. The number of carbonyl (C=O) groups is 1. The van der Waals surface area contributed by atoms with Crippen molar-refractivity contribution in [3.05, 3.63) is 47.8 Å². The maximum absolute atomic E-state index is 13.6. The molecule has 3 saturated carbocycles. The number of ether oxygens (including phenoxy) is 3. The quantitative estimate of drug-likeness (QED) is 0.350. The van der Waals surface area contributed by atoms with Crippen LogP contribution < -0.4 is 9.47 Å². The Bertz CT molecular complexity index is 1250. The highest BCUT2D eigenvalue weighted by atomic mass is 19.1. The summed E-state index contributed by atoms with van der Waals surface area (Å²) in [5.41, 5.74) is 3.55. The molecule has 0 N–H and O–H groups in total. The van der Waals surface area contributed by atoms with Crippen LogP contribution in [0.2, 0.25) is 0 Å². The summed E-state index contributed by atoms with van der Waals surface area (Å²) in [6.45, 7) is 7.34. The number of hydrogen-bond acceptors (Lipinski definition) is 7. The number of benzene rings is 2. The molecule has 4 fully saturated rings. The Morgan fingerprint density at radius 3 is 2.12 bits per heavy atom. The van der Waals surface area contributed by atoms with E-state index in [9.17, 15) is 9.18 Å². The lowest BCUT2D eigenvalue weighted by Crippen LogP contribution is -2.61. The molecule has 40 heavy (non-hydrogen) atoms. The number of nitrogens with zero attached hydrogens (tertiary/aromatic N) is 2. The second kappa shape index (κ2) is 10.4. The van der Waals surface area contributed by atoms with Crippen molar-refractivity contribution in [3.63, 3.8) is 0 Å². The van der Waals surface area contributed by atoms with E-state index in [1.165, 1.54) is 25.0 Å². The molecule has 0 atom stereocenters. The van der Waals surface area contributed by atoms with Gasteiger partial charge in [0.1, 0.15) is 17.3 Å². The average Bonchev–Trinajstić information content (AvgIpc) is 3.41. The van der Waals surface area contributed by atoms with Crippen molar-refractivity contribution in [2.45, 2.75) is 70.9 Å². The molecule has 0 radical (unpaired) electrons. The normalized spacial score (nSPS) is 26.6. The first-order valence-electron chi connectivity index (χ1n) is 14.6. The zero-order valence-corrected chi connectivity index (χ0v) is 23.8. The van der Waals surface area contributed by atoms with Crippen LogP contribution >= 0.6 is 0 Å². The van der Waals surface area contributed by atoms with Crippen molar-refractivity contribution >= 4 is 11.7 Å². The van der Waals surface area contributed by atoms with Gasteiger partial charge >= 0.3 is 5.97 Å². The SMILES string of the molecule is CCOc1cc(CN2CC3(CC(C45CCC(C(=O)OC)(CC4)CC5)=NO3)C2)cc(OCC)c1-c1ccc(F)cc1. The number of esters is 1. The van der Waals surface area contributed by atoms with Crippen LogP contribution in [-0.2, 0) is 20.9 Å². The van der Waals surface area contributed by atoms with Gasteiger partial charge in [-0.1, -0.05) is 17.3 Å². The van der Waals surface area contributed by atoms with Gasteiger partial charge in [-0.3, -0.25) is 9.69 Å². The fraction of sp³-hybridized carbons (Fsp3) is 0.562. The fourth-order valence-corrected chi connectivity index (χ4v) is 7.43. The maximum atomic E-state index is 13.6. The van der Waals surface area contributed by atoms with E-state index in [1.54, 1.807) is 12.1 Å². The fourth-order valence-electron chi connectivity index (χ4n) is 7.43. The smallest absolute Gasteiger partial charge is 0.311 e. The van der Waals surface area contributed by atoms with Gasteiger partial charge < -0.3 is 19.0 Å². The Balaban J connectivity index is 1.13. The van der Waals surface area contributed by atoms with E-state index in [2.05, 4.69) is 22.2 Å². The highest BCUT2D eigenvalue weighted by Crippen LogP contribution is 2.59. The van der Waals surface area contributed by atoms with Gasteiger partial charge in [-0.25, -0.2) is 4.39 Å². The molecule has 5 aliphatic rings. The first-order valence-corrected chi connectivity index (χ1v) is 14.6. The molecule has 1 spiro atoms. The molecule has 214 valence electrons. The third-order valence-electron chi connectivity index (χ3n) is 9.60. The van der Waals surface area contributed by atoms with E-state index in [0.29, 0.717) is 13.2 Å². The van der Waals surface area contributed by atoms with Gasteiger partial charge in [0.05, 0.1) is 37.0 Å². The minimum absolute atomic E-state index is 0.0396. The number of fused-ring (bicyclic) bond motifs is 3. The van der Waals surface area contributed by atoms with Crippen LogP contribution in [0.1, 0.15) is 64.4 Å². The summed E-state index contributed by atoms with van der Waals surface area (Å²) in [5, 5.41) is 4.67. The van der Waals surface area contributed by atoms with Gasteiger partial charge in [0.15, 0.2) is 5.60 Å². The number of carbonyl (C=O) groups excluding carboxylic acids is 1. The summed E-state index contributed by atoms with van der Waals surface area (Å²) in [5.74, 6) is 1.17. The van der Waals surface area contributed by atoms with Gasteiger partial charge in [0.2, 0.25) is 0 Å². The zero-order valence-electron chi connectivity index (χ0n) is 23.8. The number of halogens is 1. The lowest BCUT2D eigenvalue weighted by atomic mass is 9.51. The minimum atomic E-state index is -0.283. The molecule has 2 bridgehead atoms. The Morgan fingerprint density at radius 2 is 1.57 bits per heavy atom. The van der Waals surface area contributed by atoms with Crippen molar-refractivity contribution in [1.82, 2.24) is 4.90 Å². The predicted octanol–water partition coefficient (Wildman–Crippen LogP) is 6.13. The Hall–Kier alpha value is -3.13. The highest BCUT2D eigenvalue weighted by Gasteiger charge is 2.59. The number of likely N-dealkylation sites (tertiary alicyclic amines) is 1. The molecular weight excluding hydrogens is 511 g/mol. The third-order valence-corrected chi connectivity index (χ3v) is 9.60. The molecule has 1 saturated heterocycles. The molecule has 2 aromatic carbocycles. The van der Waals surface area contributed by atoms with Crippen molar-refractivity contribution in [1.29, 1.82) is 0 Å². The first kappa shape index (κ1) is 27.1. The molecule has 8 heteroatoms.